The molecule has 0 aromatic carbocycles. The number of aromatic amines is 1. The van der Waals surface area contributed by atoms with Crippen molar-refractivity contribution >= 4 is 34.0 Å². The molecule has 3 aromatic heterocycles. The number of H-pyrrole nitrogens is 1. The first-order chi connectivity index (χ1) is 15.6. The van der Waals surface area contributed by atoms with Crippen molar-refractivity contribution < 1.29 is 9.47 Å². The molecule has 32 heavy (non-hydrogen) atoms. The van der Waals surface area contributed by atoms with E-state index >= 15 is 0 Å². The smallest absolute Gasteiger partial charge is 0.262 e. The van der Waals surface area contributed by atoms with E-state index in [1.54, 1.807) is 6.20 Å². The maximum Gasteiger partial charge on any atom is 0.262 e. The van der Waals surface area contributed by atoms with Crippen molar-refractivity contribution in [2.75, 3.05) is 54.5 Å². The van der Waals surface area contributed by atoms with Crippen molar-refractivity contribution in [3.63, 3.8) is 0 Å². The predicted molar refractivity (Wildman–Crippen MR) is 123 cm³/mol. The number of rotatable bonds is 4. The Balaban J connectivity index is 1.47. The number of morpholine rings is 2. The summed E-state index contributed by atoms with van der Waals surface area (Å²) in [5, 5.41) is 3.70. The van der Waals surface area contributed by atoms with Crippen LogP contribution in [-0.4, -0.2) is 71.5 Å². The minimum absolute atomic E-state index is 0.0942. The number of nitrogens with one attached hydrogen (secondary N) is 2. The Morgan fingerprint density at radius 3 is 2.56 bits per heavy atom. The Kier molecular flexibility index (Phi) is 5.62. The average molecular weight is 438 g/mol. The first-order valence-corrected chi connectivity index (χ1v) is 10.9. The van der Waals surface area contributed by atoms with Gasteiger partial charge in [0.15, 0.2) is 0 Å². The van der Waals surface area contributed by atoms with Gasteiger partial charge in [-0.15, -0.1) is 0 Å². The van der Waals surface area contributed by atoms with Gasteiger partial charge in [-0.1, -0.05) is 0 Å². The van der Waals surface area contributed by atoms with Gasteiger partial charge < -0.3 is 29.6 Å². The van der Waals surface area contributed by atoms with Gasteiger partial charge >= 0.3 is 0 Å². The molecule has 2 saturated heterocycles. The maximum atomic E-state index is 12.6. The van der Waals surface area contributed by atoms with Gasteiger partial charge in [0.05, 0.1) is 49.1 Å². The third-order valence-electron chi connectivity index (χ3n) is 5.70. The van der Waals surface area contributed by atoms with Gasteiger partial charge in [-0.25, -0.2) is 15.0 Å². The average Bonchev–Trinajstić information content (AvgIpc) is 2.79. The van der Waals surface area contributed by atoms with Crippen LogP contribution < -0.4 is 20.7 Å². The number of fused-ring (bicyclic) bond motifs is 1. The molecule has 10 heteroatoms. The summed E-state index contributed by atoms with van der Waals surface area (Å²) < 4.78 is 11.3. The van der Waals surface area contributed by atoms with Crippen LogP contribution >= 0.6 is 0 Å². The van der Waals surface area contributed by atoms with E-state index in [4.69, 9.17) is 14.5 Å². The lowest BCUT2D eigenvalue weighted by molar-refractivity contribution is -0.00544. The fraction of sp³-hybridized carbons (Fsp3) is 0.455. The van der Waals surface area contributed by atoms with Crippen molar-refractivity contribution in [3.8, 4) is 0 Å². The van der Waals surface area contributed by atoms with Crippen LogP contribution in [-0.2, 0) is 9.47 Å². The van der Waals surface area contributed by atoms with Gasteiger partial charge in [-0.2, -0.15) is 0 Å². The van der Waals surface area contributed by atoms with Crippen LogP contribution in [0.15, 0.2) is 35.5 Å². The van der Waals surface area contributed by atoms with Crippen LogP contribution in [0.4, 0.5) is 23.1 Å². The normalized spacial score (nSPS) is 21.7. The minimum atomic E-state index is -0.238. The molecule has 2 N–H and O–H groups in total. The molecule has 10 nitrogen and oxygen atoms in total. The summed E-state index contributed by atoms with van der Waals surface area (Å²) >= 11 is 0. The molecule has 2 aliphatic rings. The van der Waals surface area contributed by atoms with Crippen LogP contribution in [0.1, 0.15) is 13.8 Å². The summed E-state index contributed by atoms with van der Waals surface area (Å²) in [7, 11) is 0. The summed E-state index contributed by atoms with van der Waals surface area (Å²) in [6.45, 7) is 8.61. The molecule has 0 bridgehead atoms. The molecule has 0 aliphatic carbocycles. The van der Waals surface area contributed by atoms with Gasteiger partial charge in [0.2, 0.25) is 0 Å². The summed E-state index contributed by atoms with van der Waals surface area (Å²) in [6, 6.07) is 5.77. The van der Waals surface area contributed by atoms with Gasteiger partial charge in [0, 0.05) is 32.2 Å². The molecule has 0 amide bonds. The molecule has 2 aliphatic heterocycles. The number of hydrogen-bond donors (Lipinski definition) is 2. The van der Waals surface area contributed by atoms with E-state index in [1.165, 1.54) is 6.33 Å². The summed E-state index contributed by atoms with van der Waals surface area (Å²) in [5.74, 6) is 2.12. The second kappa shape index (κ2) is 8.71. The van der Waals surface area contributed by atoms with E-state index in [-0.39, 0.29) is 17.8 Å². The number of ether oxygens (including phenoxy) is 2. The second-order valence-corrected chi connectivity index (χ2v) is 8.25. The predicted octanol–water partition coefficient (Wildman–Crippen LogP) is 1.91. The lowest BCUT2D eigenvalue weighted by Gasteiger charge is -2.36. The first-order valence-electron chi connectivity index (χ1n) is 10.9. The highest BCUT2D eigenvalue weighted by atomic mass is 16.5. The largest absolute Gasteiger partial charge is 0.378 e. The molecule has 168 valence electrons. The van der Waals surface area contributed by atoms with Crippen molar-refractivity contribution in [3.05, 3.63) is 41.1 Å². The molecular weight excluding hydrogens is 410 g/mol. The molecule has 2 fully saturated rings. The van der Waals surface area contributed by atoms with Gasteiger partial charge in [-0.05, 0) is 26.0 Å². The third kappa shape index (κ3) is 4.23. The topological polar surface area (TPSA) is 109 Å². The molecule has 5 rings (SSSR count). The summed E-state index contributed by atoms with van der Waals surface area (Å²) in [4.78, 5) is 33.4. The Bertz CT molecular complexity index is 1130. The van der Waals surface area contributed by atoms with Crippen LogP contribution in [0.5, 0.6) is 0 Å². The number of aromatic nitrogens is 4. The minimum Gasteiger partial charge on any atom is -0.378 e. The van der Waals surface area contributed by atoms with E-state index in [1.807, 2.05) is 32.0 Å². The molecule has 0 unspecified atom stereocenters. The van der Waals surface area contributed by atoms with E-state index < -0.39 is 0 Å². The van der Waals surface area contributed by atoms with E-state index in [0.29, 0.717) is 29.9 Å². The highest BCUT2D eigenvalue weighted by Crippen LogP contribution is 2.27. The Hall–Kier alpha value is -3.24. The van der Waals surface area contributed by atoms with Gasteiger partial charge in [0.25, 0.3) is 5.56 Å². The first kappa shape index (κ1) is 20.7. The quantitative estimate of drug-likeness (QED) is 0.633. The van der Waals surface area contributed by atoms with Crippen LogP contribution in [0.25, 0.3) is 10.9 Å². The molecule has 2 atom stereocenters. The molecule has 0 spiro atoms. The molecule has 0 saturated carbocycles. The monoisotopic (exact) mass is 437 g/mol. The van der Waals surface area contributed by atoms with Crippen LogP contribution in [0.3, 0.4) is 0 Å². The zero-order chi connectivity index (χ0) is 22.1. The highest BCUT2D eigenvalue weighted by molar-refractivity contribution is 5.92. The van der Waals surface area contributed by atoms with Gasteiger partial charge in [-0.3, -0.25) is 4.79 Å². The summed E-state index contributed by atoms with van der Waals surface area (Å²) in [6.07, 6.45) is 3.36. The van der Waals surface area contributed by atoms with Crippen molar-refractivity contribution in [2.24, 2.45) is 0 Å². The SMILES string of the molecule is C[C@@H]1CN(c2cc3nc[nH]c(=O)c3c(Nc3ccc(N4CCOCC4)nc3)n2)C[C@H](C)O1. The summed E-state index contributed by atoms with van der Waals surface area (Å²) in [5.41, 5.74) is 1.10. The van der Waals surface area contributed by atoms with E-state index in [2.05, 4.69) is 30.1 Å². The van der Waals surface area contributed by atoms with Crippen molar-refractivity contribution in [1.29, 1.82) is 0 Å². The Labute approximate surface area is 185 Å². The fourth-order valence-electron chi connectivity index (χ4n) is 4.27. The maximum absolute atomic E-state index is 12.6. The number of nitrogens with zero attached hydrogens (tertiary/aromatic N) is 5. The second-order valence-electron chi connectivity index (χ2n) is 8.25. The van der Waals surface area contributed by atoms with Crippen LogP contribution in [0.2, 0.25) is 0 Å². The van der Waals surface area contributed by atoms with Crippen molar-refractivity contribution in [2.45, 2.75) is 26.1 Å². The fourth-order valence-corrected chi connectivity index (χ4v) is 4.27. The molecular formula is C22H27N7O3. The van der Waals surface area contributed by atoms with Crippen LogP contribution in [0, 0.1) is 0 Å². The standard InChI is InChI=1S/C22H27N7O3/c1-14-11-29(12-15(2)32-14)19-9-17-20(22(30)25-13-24-17)21(27-19)26-16-3-4-18(23-10-16)28-5-7-31-8-6-28/h3-4,9-10,13-15H,5-8,11-12H2,1-2H3,(H,26,27)(H,24,25,30)/t14-,15+. The number of pyridine rings is 2. The van der Waals surface area contributed by atoms with E-state index in [9.17, 15) is 4.79 Å². The highest BCUT2D eigenvalue weighted by Gasteiger charge is 2.24. The zero-order valence-electron chi connectivity index (χ0n) is 18.2. The lowest BCUT2D eigenvalue weighted by Crippen LogP contribution is -2.45. The Morgan fingerprint density at radius 1 is 1.06 bits per heavy atom. The van der Waals surface area contributed by atoms with Gasteiger partial charge in [0.1, 0.15) is 22.8 Å². The lowest BCUT2D eigenvalue weighted by atomic mass is 10.2. The zero-order valence-corrected chi connectivity index (χ0v) is 18.2. The number of anilines is 4. The number of hydrogen-bond acceptors (Lipinski definition) is 9. The third-order valence-corrected chi connectivity index (χ3v) is 5.70. The van der Waals surface area contributed by atoms with E-state index in [0.717, 1.165) is 43.5 Å². The molecule has 5 heterocycles. The van der Waals surface area contributed by atoms with Crippen molar-refractivity contribution in [1.82, 2.24) is 19.9 Å². The molecule has 3 aromatic rings. The Morgan fingerprint density at radius 2 is 1.84 bits per heavy atom. The molecule has 0 radical (unpaired) electrons.